The van der Waals surface area contributed by atoms with Crippen LogP contribution in [0.2, 0.25) is 0 Å². The van der Waals surface area contributed by atoms with Gasteiger partial charge in [0.15, 0.2) is 0 Å². The normalized spacial score (nSPS) is 28.6. The average molecular weight is 273 g/mol. The van der Waals surface area contributed by atoms with Crippen LogP contribution in [0.15, 0.2) is 30.3 Å². The molecular weight excluding hydrogens is 242 g/mol. The van der Waals surface area contributed by atoms with E-state index in [-0.39, 0.29) is 0 Å². The van der Waals surface area contributed by atoms with Crippen LogP contribution in [0.5, 0.6) is 0 Å². The summed E-state index contributed by atoms with van der Waals surface area (Å²) in [6.45, 7) is 9.48. The summed E-state index contributed by atoms with van der Waals surface area (Å²) >= 11 is 0. The van der Waals surface area contributed by atoms with Crippen LogP contribution in [0.4, 0.5) is 0 Å². The van der Waals surface area contributed by atoms with E-state index in [2.05, 4.69) is 63.3 Å². The highest BCUT2D eigenvalue weighted by atomic mass is 15.0. The second-order valence-corrected chi connectivity index (χ2v) is 6.97. The minimum atomic E-state index is 0.507. The fraction of sp³-hybridized carbons (Fsp3) is 0.684. The molecule has 0 bridgehead atoms. The summed E-state index contributed by atoms with van der Waals surface area (Å²) in [5, 5.41) is 3.98. The van der Waals surface area contributed by atoms with Crippen LogP contribution in [0, 0.1) is 17.8 Å². The first-order valence-corrected chi connectivity index (χ1v) is 8.42. The van der Waals surface area contributed by atoms with Gasteiger partial charge in [-0.25, -0.2) is 0 Å². The average Bonchev–Trinajstić information content (AvgIpc) is 2.45. The molecule has 0 spiro atoms. The molecule has 1 saturated carbocycles. The third-order valence-corrected chi connectivity index (χ3v) is 5.05. The van der Waals surface area contributed by atoms with E-state index in [0.717, 1.165) is 17.8 Å². The van der Waals surface area contributed by atoms with Crippen molar-refractivity contribution in [2.24, 2.45) is 17.8 Å². The highest BCUT2D eigenvalue weighted by Crippen LogP contribution is 2.35. The van der Waals surface area contributed by atoms with Gasteiger partial charge in [0, 0.05) is 12.1 Å². The Labute approximate surface area is 125 Å². The number of nitrogens with one attached hydrogen (secondary N) is 1. The third-order valence-electron chi connectivity index (χ3n) is 5.05. The predicted molar refractivity (Wildman–Crippen MR) is 87.7 cm³/mol. The molecule has 0 aromatic heterocycles. The topological polar surface area (TPSA) is 12.0 Å². The summed E-state index contributed by atoms with van der Waals surface area (Å²) in [4.78, 5) is 0. The zero-order valence-electron chi connectivity index (χ0n) is 13.6. The Morgan fingerprint density at radius 3 is 2.45 bits per heavy atom. The smallest absolute Gasteiger partial charge is 0.0320 e. The molecule has 0 amide bonds. The van der Waals surface area contributed by atoms with Gasteiger partial charge in [-0.2, -0.15) is 0 Å². The molecule has 0 radical (unpaired) electrons. The second kappa shape index (κ2) is 7.26. The Hall–Kier alpha value is -0.820. The molecular formula is C19H31N. The maximum Gasteiger partial charge on any atom is 0.0320 e. The van der Waals surface area contributed by atoms with E-state index < -0.39 is 0 Å². The van der Waals surface area contributed by atoms with Crippen molar-refractivity contribution < 1.29 is 0 Å². The highest BCUT2D eigenvalue weighted by Gasteiger charge is 2.31. The molecule has 1 aromatic carbocycles. The van der Waals surface area contributed by atoms with E-state index in [1.54, 1.807) is 0 Å². The summed E-state index contributed by atoms with van der Waals surface area (Å²) in [5.41, 5.74) is 1.44. The fourth-order valence-corrected chi connectivity index (χ4v) is 3.79. The van der Waals surface area contributed by atoms with Crippen LogP contribution in [-0.4, -0.2) is 6.04 Å². The molecule has 4 atom stereocenters. The Morgan fingerprint density at radius 1 is 1.15 bits per heavy atom. The van der Waals surface area contributed by atoms with Crippen molar-refractivity contribution in [2.45, 2.75) is 65.5 Å². The van der Waals surface area contributed by atoms with Crippen LogP contribution in [0.1, 0.15) is 65.0 Å². The Balaban J connectivity index is 2.08. The Morgan fingerprint density at radius 2 is 1.85 bits per heavy atom. The standard InChI is InChI=1S/C19H31N/c1-5-18(16-9-7-6-8-10-16)20-19-13-15(4)11-12-17(19)14(2)3/h6-10,14-15,17-20H,5,11-13H2,1-4H3. The molecule has 20 heavy (non-hydrogen) atoms. The third kappa shape index (κ3) is 3.85. The largest absolute Gasteiger partial charge is 0.307 e. The molecule has 2 rings (SSSR count). The van der Waals surface area contributed by atoms with Crippen LogP contribution in [-0.2, 0) is 0 Å². The van der Waals surface area contributed by atoms with Gasteiger partial charge >= 0.3 is 0 Å². The summed E-state index contributed by atoms with van der Waals surface area (Å²) in [6, 6.07) is 12.1. The lowest BCUT2D eigenvalue weighted by Crippen LogP contribution is -2.44. The molecule has 1 aliphatic rings. The lowest BCUT2D eigenvalue weighted by Gasteiger charge is -2.40. The fourth-order valence-electron chi connectivity index (χ4n) is 3.79. The number of hydrogen-bond donors (Lipinski definition) is 1. The van der Waals surface area contributed by atoms with E-state index >= 15 is 0 Å². The molecule has 1 aromatic rings. The Bertz CT molecular complexity index is 384. The number of benzene rings is 1. The molecule has 0 aliphatic heterocycles. The molecule has 1 heteroatoms. The van der Waals surface area contributed by atoms with E-state index in [9.17, 15) is 0 Å². The van der Waals surface area contributed by atoms with Gasteiger partial charge < -0.3 is 5.32 Å². The lowest BCUT2D eigenvalue weighted by molar-refractivity contribution is 0.158. The zero-order valence-corrected chi connectivity index (χ0v) is 13.6. The van der Waals surface area contributed by atoms with Gasteiger partial charge in [0.1, 0.15) is 0 Å². The van der Waals surface area contributed by atoms with Gasteiger partial charge in [0.2, 0.25) is 0 Å². The summed E-state index contributed by atoms with van der Waals surface area (Å²) in [6.07, 6.45) is 5.30. The van der Waals surface area contributed by atoms with Gasteiger partial charge in [-0.15, -0.1) is 0 Å². The van der Waals surface area contributed by atoms with Crippen molar-refractivity contribution in [3.63, 3.8) is 0 Å². The molecule has 1 fully saturated rings. The molecule has 0 heterocycles. The van der Waals surface area contributed by atoms with Crippen LogP contribution < -0.4 is 5.32 Å². The SMILES string of the molecule is CCC(NC1CC(C)CCC1C(C)C)c1ccccc1. The van der Waals surface area contributed by atoms with Gasteiger partial charge in [-0.3, -0.25) is 0 Å². The van der Waals surface area contributed by atoms with Crippen molar-refractivity contribution in [1.29, 1.82) is 0 Å². The summed E-state index contributed by atoms with van der Waals surface area (Å²) in [5.74, 6) is 2.49. The summed E-state index contributed by atoms with van der Waals surface area (Å²) in [7, 11) is 0. The van der Waals surface area contributed by atoms with Crippen LogP contribution >= 0.6 is 0 Å². The van der Waals surface area contributed by atoms with Gasteiger partial charge in [-0.05, 0) is 42.6 Å². The lowest BCUT2D eigenvalue weighted by atomic mass is 9.73. The van der Waals surface area contributed by atoms with Crippen LogP contribution in [0.25, 0.3) is 0 Å². The van der Waals surface area contributed by atoms with Crippen molar-refractivity contribution >= 4 is 0 Å². The minimum Gasteiger partial charge on any atom is -0.307 e. The number of rotatable bonds is 5. The van der Waals surface area contributed by atoms with Crippen molar-refractivity contribution in [1.82, 2.24) is 5.32 Å². The van der Waals surface area contributed by atoms with Gasteiger partial charge in [0.25, 0.3) is 0 Å². The first-order valence-electron chi connectivity index (χ1n) is 8.42. The van der Waals surface area contributed by atoms with Crippen molar-refractivity contribution in [2.75, 3.05) is 0 Å². The minimum absolute atomic E-state index is 0.507. The molecule has 1 nitrogen and oxygen atoms in total. The maximum atomic E-state index is 3.98. The predicted octanol–water partition coefficient (Wildman–Crippen LogP) is 5.19. The monoisotopic (exact) mass is 273 g/mol. The molecule has 0 saturated heterocycles. The van der Waals surface area contributed by atoms with Gasteiger partial charge in [-0.1, -0.05) is 64.4 Å². The first-order chi connectivity index (χ1) is 9.61. The maximum absolute atomic E-state index is 3.98. The highest BCUT2D eigenvalue weighted by molar-refractivity contribution is 5.19. The zero-order chi connectivity index (χ0) is 14.5. The second-order valence-electron chi connectivity index (χ2n) is 6.97. The van der Waals surface area contributed by atoms with E-state index in [1.807, 2.05) is 0 Å². The molecule has 1 N–H and O–H groups in total. The van der Waals surface area contributed by atoms with E-state index in [4.69, 9.17) is 0 Å². The Kier molecular flexibility index (Phi) is 5.65. The van der Waals surface area contributed by atoms with E-state index in [1.165, 1.54) is 31.2 Å². The van der Waals surface area contributed by atoms with Gasteiger partial charge in [0.05, 0.1) is 0 Å². The first kappa shape index (κ1) is 15.6. The van der Waals surface area contributed by atoms with Crippen molar-refractivity contribution in [3.05, 3.63) is 35.9 Å². The number of hydrogen-bond acceptors (Lipinski definition) is 1. The van der Waals surface area contributed by atoms with Crippen molar-refractivity contribution in [3.8, 4) is 0 Å². The molecule has 112 valence electrons. The van der Waals surface area contributed by atoms with E-state index in [0.29, 0.717) is 12.1 Å². The summed E-state index contributed by atoms with van der Waals surface area (Å²) < 4.78 is 0. The van der Waals surface area contributed by atoms with Crippen LogP contribution in [0.3, 0.4) is 0 Å². The molecule has 1 aliphatic carbocycles. The quantitative estimate of drug-likeness (QED) is 0.778. The molecule has 4 unspecified atom stereocenters.